The maximum atomic E-state index is 10.7. The fourth-order valence-electron chi connectivity index (χ4n) is 0.514. The second-order valence-corrected chi connectivity index (χ2v) is 2.14. The number of hydrogen-bond donors (Lipinski definition) is 4. The van der Waals surface area contributed by atoms with Gasteiger partial charge in [0.15, 0.2) is 4.77 Å². The summed E-state index contributed by atoms with van der Waals surface area (Å²) in [7, 11) is 0. The minimum atomic E-state index is -0.457. The maximum absolute atomic E-state index is 10.7. The van der Waals surface area contributed by atoms with E-state index in [1.807, 2.05) is 0 Å². The molecule has 0 amide bonds. The van der Waals surface area contributed by atoms with Crippen LogP contribution in [0.25, 0.3) is 0 Å². The van der Waals surface area contributed by atoms with Crippen LogP contribution in [0.15, 0.2) is 4.79 Å². The number of rotatable bonds is 0. The molecule has 1 aromatic heterocycles. The summed E-state index contributed by atoms with van der Waals surface area (Å²) in [5.74, 6) is 0.105. The highest BCUT2D eigenvalue weighted by molar-refractivity contribution is 7.71. The first-order valence-electron chi connectivity index (χ1n) is 2.49. The fourth-order valence-corrected chi connectivity index (χ4v) is 0.716. The Morgan fingerprint density at radius 2 is 1.82 bits per heavy atom. The van der Waals surface area contributed by atoms with Gasteiger partial charge in [-0.05, 0) is 12.2 Å². The van der Waals surface area contributed by atoms with E-state index in [0.29, 0.717) is 0 Å². The van der Waals surface area contributed by atoms with Crippen molar-refractivity contribution >= 4 is 36.1 Å². The molecule has 0 atom stereocenters. The van der Waals surface area contributed by atoms with Crippen molar-refractivity contribution in [2.24, 2.45) is 0 Å². The van der Waals surface area contributed by atoms with Gasteiger partial charge >= 0.3 is 0 Å². The third-order valence-electron chi connectivity index (χ3n) is 1.01. The van der Waals surface area contributed by atoms with E-state index < -0.39 is 5.56 Å². The van der Waals surface area contributed by atoms with Gasteiger partial charge in [0.1, 0.15) is 11.5 Å². The van der Waals surface area contributed by atoms with E-state index in [4.69, 9.17) is 11.5 Å². The largest absolute Gasteiger partial charge is 0.391 e. The molecule has 0 unspecified atom stereocenters. The number of aromatic amines is 2. The van der Waals surface area contributed by atoms with E-state index in [1.54, 1.807) is 0 Å². The van der Waals surface area contributed by atoms with Gasteiger partial charge in [-0.15, -0.1) is 12.4 Å². The smallest absolute Gasteiger partial charge is 0.277 e. The van der Waals surface area contributed by atoms with Crippen molar-refractivity contribution in [3.8, 4) is 0 Å². The van der Waals surface area contributed by atoms with Crippen molar-refractivity contribution < 1.29 is 0 Å². The molecule has 0 aromatic carbocycles. The highest BCUT2D eigenvalue weighted by atomic mass is 35.5. The Morgan fingerprint density at radius 1 is 1.27 bits per heavy atom. The lowest BCUT2D eigenvalue weighted by atomic mass is 10.5. The van der Waals surface area contributed by atoms with E-state index >= 15 is 0 Å². The van der Waals surface area contributed by atoms with Crippen molar-refractivity contribution in [2.45, 2.75) is 0 Å². The highest BCUT2D eigenvalue weighted by Crippen LogP contribution is 1.99. The average Bonchev–Trinajstić information content (AvgIpc) is 1.82. The highest BCUT2D eigenvalue weighted by Gasteiger charge is 1.97. The summed E-state index contributed by atoms with van der Waals surface area (Å²) in [6, 6.07) is 0. The third-order valence-corrected chi connectivity index (χ3v) is 1.21. The Morgan fingerprint density at radius 3 is 2.27 bits per heavy atom. The molecule has 6 N–H and O–H groups in total. The molecule has 62 valence electrons. The van der Waals surface area contributed by atoms with Crippen molar-refractivity contribution in [1.82, 2.24) is 9.97 Å². The van der Waals surface area contributed by atoms with Crippen molar-refractivity contribution in [2.75, 3.05) is 11.5 Å². The zero-order chi connectivity index (χ0) is 7.72. The molecule has 0 saturated heterocycles. The molecule has 1 aromatic rings. The van der Waals surface area contributed by atoms with Crippen LogP contribution in [0.2, 0.25) is 0 Å². The molecule has 0 spiro atoms. The molecule has 0 aliphatic heterocycles. The van der Waals surface area contributed by atoms with Gasteiger partial charge in [0.05, 0.1) is 0 Å². The topological polar surface area (TPSA) is 101 Å². The number of aromatic nitrogens is 2. The summed E-state index contributed by atoms with van der Waals surface area (Å²) in [6.45, 7) is 0. The maximum Gasteiger partial charge on any atom is 0.277 e. The molecule has 11 heavy (non-hydrogen) atoms. The minimum Gasteiger partial charge on any atom is -0.391 e. The molecule has 0 aliphatic rings. The average molecular weight is 195 g/mol. The molecule has 1 rings (SSSR count). The second kappa shape index (κ2) is 3.40. The van der Waals surface area contributed by atoms with E-state index in [1.165, 1.54) is 0 Å². The van der Waals surface area contributed by atoms with Crippen LogP contribution >= 0.6 is 24.6 Å². The third kappa shape index (κ3) is 1.95. The summed E-state index contributed by atoms with van der Waals surface area (Å²) in [4.78, 5) is 15.5. The Bertz CT molecular complexity index is 356. The Kier molecular flexibility index (Phi) is 3.09. The molecule has 0 radical (unpaired) electrons. The van der Waals surface area contributed by atoms with E-state index in [-0.39, 0.29) is 28.7 Å². The van der Waals surface area contributed by atoms with E-state index in [0.717, 1.165) is 0 Å². The first kappa shape index (κ1) is 9.99. The summed E-state index contributed by atoms with van der Waals surface area (Å²) < 4.78 is 0.178. The summed E-state index contributed by atoms with van der Waals surface area (Å²) >= 11 is 4.60. The van der Waals surface area contributed by atoms with Crippen LogP contribution in [0.1, 0.15) is 0 Å². The Balaban J connectivity index is 0.000001000. The van der Waals surface area contributed by atoms with Crippen LogP contribution < -0.4 is 17.0 Å². The van der Waals surface area contributed by atoms with Crippen molar-refractivity contribution in [1.29, 1.82) is 0 Å². The van der Waals surface area contributed by atoms with Crippen LogP contribution in [0, 0.1) is 4.77 Å². The van der Waals surface area contributed by atoms with Crippen molar-refractivity contribution in [3.63, 3.8) is 0 Å². The molecular weight excluding hydrogens is 188 g/mol. The fraction of sp³-hybridized carbons (Fsp3) is 0. The SMILES string of the molecule is Cl.Nc1[nH]c(=S)[nH]c(=O)c1N. The Labute approximate surface area is 73.2 Å². The quantitative estimate of drug-likeness (QED) is 0.438. The number of halogens is 1. The van der Waals surface area contributed by atoms with Gasteiger partial charge in [-0.1, -0.05) is 0 Å². The molecule has 0 fully saturated rings. The predicted octanol–water partition coefficient (Wildman–Crippen LogP) is 0.0187. The number of nitrogen functional groups attached to an aromatic ring is 2. The molecule has 0 aliphatic carbocycles. The van der Waals surface area contributed by atoms with Gasteiger partial charge in [0, 0.05) is 0 Å². The Hall–Kier alpha value is -1.01. The number of nitrogens with one attached hydrogen (secondary N) is 2. The number of H-pyrrole nitrogens is 2. The van der Waals surface area contributed by atoms with Gasteiger partial charge < -0.3 is 16.5 Å². The monoisotopic (exact) mass is 194 g/mol. The molecule has 0 bridgehead atoms. The molecule has 1 heterocycles. The lowest BCUT2D eigenvalue weighted by molar-refractivity contribution is 1.10. The zero-order valence-electron chi connectivity index (χ0n) is 5.38. The molecular formula is C4H7ClN4OS. The first-order chi connectivity index (χ1) is 4.61. The number of nitrogens with two attached hydrogens (primary N) is 2. The summed E-state index contributed by atoms with van der Waals surface area (Å²) in [5, 5.41) is 0. The minimum absolute atomic E-state index is 0. The number of anilines is 2. The standard InChI is InChI=1S/C4H6N4OS.ClH/c5-1-2(6)7-4(10)8-3(1)9;/h5H2,(H4,6,7,8,9,10);1H. The number of hydrogen-bond acceptors (Lipinski definition) is 4. The van der Waals surface area contributed by atoms with Crippen LogP contribution in [-0.4, -0.2) is 9.97 Å². The van der Waals surface area contributed by atoms with E-state index in [9.17, 15) is 4.79 Å². The first-order valence-corrected chi connectivity index (χ1v) is 2.89. The van der Waals surface area contributed by atoms with Gasteiger partial charge in [-0.3, -0.25) is 9.78 Å². The van der Waals surface area contributed by atoms with Crippen LogP contribution in [-0.2, 0) is 0 Å². The van der Waals surface area contributed by atoms with Gasteiger partial charge in [-0.2, -0.15) is 0 Å². The van der Waals surface area contributed by atoms with Crippen LogP contribution in [0.3, 0.4) is 0 Å². The summed E-state index contributed by atoms with van der Waals surface area (Å²) in [5.41, 5.74) is 9.97. The van der Waals surface area contributed by atoms with Crippen LogP contribution in [0.4, 0.5) is 11.5 Å². The zero-order valence-corrected chi connectivity index (χ0v) is 7.01. The van der Waals surface area contributed by atoms with Gasteiger partial charge in [0.2, 0.25) is 0 Å². The van der Waals surface area contributed by atoms with Gasteiger partial charge in [-0.25, -0.2) is 0 Å². The summed E-state index contributed by atoms with van der Waals surface area (Å²) in [6.07, 6.45) is 0. The predicted molar refractivity (Wildman–Crippen MR) is 48.3 cm³/mol. The van der Waals surface area contributed by atoms with E-state index in [2.05, 4.69) is 22.2 Å². The lowest BCUT2D eigenvalue weighted by Gasteiger charge is -1.95. The van der Waals surface area contributed by atoms with Crippen molar-refractivity contribution in [3.05, 3.63) is 15.1 Å². The van der Waals surface area contributed by atoms with Gasteiger partial charge in [0.25, 0.3) is 5.56 Å². The second-order valence-electron chi connectivity index (χ2n) is 1.74. The molecule has 7 heteroatoms. The lowest BCUT2D eigenvalue weighted by Crippen LogP contribution is -2.15. The normalized spacial score (nSPS) is 8.73. The van der Waals surface area contributed by atoms with Crippen LogP contribution in [0.5, 0.6) is 0 Å². The molecule has 5 nitrogen and oxygen atoms in total. The molecule has 0 saturated carbocycles.